The van der Waals surface area contributed by atoms with Crippen LogP contribution >= 0.6 is 23.8 Å². The summed E-state index contributed by atoms with van der Waals surface area (Å²) in [5.41, 5.74) is 1.86. The number of amides is 2. The molecule has 5 nitrogen and oxygen atoms in total. The first-order valence-corrected chi connectivity index (χ1v) is 8.04. The predicted octanol–water partition coefficient (Wildman–Crippen LogP) is 3.82. The molecule has 0 saturated carbocycles. The molecule has 0 aliphatic rings. The van der Waals surface area contributed by atoms with Crippen LogP contribution in [0.4, 0.5) is 11.4 Å². The van der Waals surface area contributed by atoms with Crippen LogP contribution in [0.1, 0.15) is 23.7 Å². The van der Waals surface area contributed by atoms with Crippen LogP contribution in [0.5, 0.6) is 0 Å². The molecule has 0 bridgehead atoms. The Morgan fingerprint density at radius 2 is 1.50 bits per heavy atom. The zero-order valence-electron chi connectivity index (χ0n) is 12.9. The Hall–Kier alpha value is -2.44. The molecule has 0 fully saturated rings. The Kier molecular flexibility index (Phi) is 6.28. The van der Waals surface area contributed by atoms with E-state index in [2.05, 4.69) is 16.0 Å². The van der Waals surface area contributed by atoms with Gasteiger partial charge in [0.2, 0.25) is 5.91 Å². The van der Waals surface area contributed by atoms with Gasteiger partial charge in [-0.25, -0.2) is 0 Å². The molecule has 0 atom stereocenters. The highest BCUT2D eigenvalue weighted by atomic mass is 35.5. The fourth-order valence-electron chi connectivity index (χ4n) is 1.83. The molecular weight excluding hydrogens is 346 g/mol. The number of hydrogen-bond acceptors (Lipinski definition) is 3. The van der Waals surface area contributed by atoms with E-state index in [4.69, 9.17) is 23.8 Å². The highest BCUT2D eigenvalue weighted by molar-refractivity contribution is 7.80. The smallest absolute Gasteiger partial charge is 0.257 e. The molecule has 7 heteroatoms. The van der Waals surface area contributed by atoms with E-state index >= 15 is 0 Å². The zero-order valence-corrected chi connectivity index (χ0v) is 14.5. The summed E-state index contributed by atoms with van der Waals surface area (Å²) in [6, 6.07) is 13.5. The van der Waals surface area contributed by atoms with Gasteiger partial charge in [0.25, 0.3) is 5.91 Å². The van der Waals surface area contributed by atoms with Crippen LogP contribution in [0.2, 0.25) is 5.02 Å². The van der Waals surface area contributed by atoms with Crippen LogP contribution in [0.15, 0.2) is 48.5 Å². The van der Waals surface area contributed by atoms with Gasteiger partial charge in [-0.2, -0.15) is 0 Å². The van der Waals surface area contributed by atoms with Crippen molar-refractivity contribution in [2.75, 3.05) is 10.6 Å². The van der Waals surface area contributed by atoms with Gasteiger partial charge in [-0.05, 0) is 60.7 Å². The SMILES string of the molecule is CCC(=O)Nc1ccc(NC(=S)NC(=O)c2ccc(Cl)cc2)cc1. The van der Waals surface area contributed by atoms with Crippen molar-refractivity contribution in [2.45, 2.75) is 13.3 Å². The molecule has 2 amide bonds. The fourth-order valence-corrected chi connectivity index (χ4v) is 2.16. The first-order valence-electron chi connectivity index (χ1n) is 7.25. The van der Waals surface area contributed by atoms with E-state index in [1.165, 1.54) is 0 Å². The summed E-state index contributed by atoms with van der Waals surface area (Å²) in [4.78, 5) is 23.4. The van der Waals surface area contributed by atoms with Gasteiger partial charge in [0.1, 0.15) is 0 Å². The highest BCUT2D eigenvalue weighted by Gasteiger charge is 2.08. The molecular formula is C17H16ClN3O2S. The van der Waals surface area contributed by atoms with Crippen molar-refractivity contribution in [1.29, 1.82) is 0 Å². The van der Waals surface area contributed by atoms with E-state index in [0.717, 1.165) is 0 Å². The maximum absolute atomic E-state index is 12.0. The van der Waals surface area contributed by atoms with Crippen LogP contribution in [-0.4, -0.2) is 16.9 Å². The maximum Gasteiger partial charge on any atom is 0.257 e. The minimum Gasteiger partial charge on any atom is -0.332 e. The third-order valence-corrected chi connectivity index (χ3v) is 3.54. The molecule has 24 heavy (non-hydrogen) atoms. The zero-order chi connectivity index (χ0) is 17.5. The molecule has 0 aliphatic heterocycles. The van der Waals surface area contributed by atoms with Crippen LogP contribution in [0, 0.1) is 0 Å². The van der Waals surface area contributed by atoms with E-state index < -0.39 is 0 Å². The number of benzene rings is 2. The Balaban J connectivity index is 1.91. The topological polar surface area (TPSA) is 70.2 Å². The summed E-state index contributed by atoms with van der Waals surface area (Å²) < 4.78 is 0. The lowest BCUT2D eigenvalue weighted by molar-refractivity contribution is -0.115. The van der Waals surface area contributed by atoms with Crippen molar-refractivity contribution in [2.24, 2.45) is 0 Å². The number of rotatable bonds is 4. The molecule has 0 aromatic heterocycles. The Morgan fingerprint density at radius 1 is 0.958 bits per heavy atom. The third kappa shape index (κ3) is 5.33. The van der Waals surface area contributed by atoms with Crippen molar-refractivity contribution in [3.63, 3.8) is 0 Å². The minimum atomic E-state index is -0.323. The second kappa shape index (κ2) is 8.42. The second-order valence-corrected chi connectivity index (χ2v) is 5.74. The van der Waals surface area contributed by atoms with E-state index in [9.17, 15) is 9.59 Å². The molecule has 2 aromatic rings. The number of thiocarbonyl (C=S) groups is 1. The second-order valence-electron chi connectivity index (χ2n) is 4.89. The normalized spacial score (nSPS) is 9.92. The van der Waals surface area contributed by atoms with Gasteiger partial charge in [0.15, 0.2) is 5.11 Å². The molecule has 124 valence electrons. The van der Waals surface area contributed by atoms with Crippen LogP contribution in [-0.2, 0) is 4.79 Å². The molecule has 0 saturated heterocycles. The largest absolute Gasteiger partial charge is 0.332 e. The van der Waals surface area contributed by atoms with E-state index in [1.807, 2.05) is 0 Å². The lowest BCUT2D eigenvalue weighted by Gasteiger charge is -2.10. The van der Waals surface area contributed by atoms with Gasteiger partial charge in [0.05, 0.1) is 0 Å². The lowest BCUT2D eigenvalue weighted by Crippen LogP contribution is -2.34. The van der Waals surface area contributed by atoms with Gasteiger partial charge in [0, 0.05) is 28.4 Å². The molecule has 2 aromatic carbocycles. The molecule has 3 N–H and O–H groups in total. The maximum atomic E-state index is 12.0. The first kappa shape index (κ1) is 17.9. The van der Waals surface area contributed by atoms with E-state index in [0.29, 0.717) is 28.4 Å². The molecule has 0 radical (unpaired) electrons. The molecule has 0 spiro atoms. The van der Waals surface area contributed by atoms with Crippen molar-refractivity contribution in [1.82, 2.24) is 5.32 Å². The van der Waals surface area contributed by atoms with Crippen molar-refractivity contribution < 1.29 is 9.59 Å². The summed E-state index contributed by atoms with van der Waals surface area (Å²) in [6.45, 7) is 1.78. The summed E-state index contributed by atoms with van der Waals surface area (Å²) >= 11 is 10.9. The van der Waals surface area contributed by atoms with Crippen molar-refractivity contribution >= 4 is 52.1 Å². The molecule has 0 unspecified atom stereocenters. The Morgan fingerprint density at radius 3 is 2.04 bits per heavy atom. The number of carbonyl (C=O) groups is 2. The molecule has 2 rings (SSSR count). The quantitative estimate of drug-likeness (QED) is 0.724. The minimum absolute atomic E-state index is 0.0542. The summed E-state index contributed by atoms with van der Waals surface area (Å²) in [5.74, 6) is -0.377. The standard InChI is InChI=1S/C17H16ClN3O2S/c1-2-15(22)19-13-7-9-14(10-8-13)20-17(24)21-16(23)11-3-5-12(18)6-4-11/h3-10H,2H2,1H3,(H,19,22)(H2,20,21,23,24). The summed E-state index contributed by atoms with van der Waals surface area (Å²) in [7, 11) is 0. The highest BCUT2D eigenvalue weighted by Crippen LogP contribution is 2.14. The number of hydrogen-bond donors (Lipinski definition) is 3. The van der Waals surface area contributed by atoms with E-state index in [-0.39, 0.29) is 16.9 Å². The average molecular weight is 362 g/mol. The van der Waals surface area contributed by atoms with Crippen LogP contribution in [0.3, 0.4) is 0 Å². The molecule has 0 aliphatic carbocycles. The third-order valence-electron chi connectivity index (χ3n) is 3.08. The summed E-state index contributed by atoms with van der Waals surface area (Å²) in [5, 5.41) is 8.99. The predicted molar refractivity (Wildman–Crippen MR) is 101 cm³/mol. The number of halogens is 1. The van der Waals surface area contributed by atoms with Crippen LogP contribution in [0.25, 0.3) is 0 Å². The van der Waals surface area contributed by atoms with Gasteiger partial charge in [-0.3, -0.25) is 14.9 Å². The Labute approximate surface area is 150 Å². The average Bonchev–Trinajstić information content (AvgIpc) is 2.57. The van der Waals surface area contributed by atoms with Crippen LogP contribution < -0.4 is 16.0 Å². The summed E-state index contributed by atoms with van der Waals surface area (Å²) in [6.07, 6.45) is 0.417. The number of carbonyl (C=O) groups excluding carboxylic acids is 2. The first-order chi connectivity index (χ1) is 11.5. The van der Waals surface area contributed by atoms with Gasteiger partial charge >= 0.3 is 0 Å². The van der Waals surface area contributed by atoms with Crippen molar-refractivity contribution in [3.8, 4) is 0 Å². The fraction of sp³-hybridized carbons (Fsp3) is 0.118. The van der Waals surface area contributed by atoms with Gasteiger partial charge in [-0.15, -0.1) is 0 Å². The van der Waals surface area contributed by atoms with Crippen molar-refractivity contribution in [3.05, 3.63) is 59.1 Å². The lowest BCUT2D eigenvalue weighted by atomic mass is 10.2. The van der Waals surface area contributed by atoms with E-state index in [1.54, 1.807) is 55.5 Å². The number of nitrogens with one attached hydrogen (secondary N) is 3. The van der Waals surface area contributed by atoms with Gasteiger partial charge in [-0.1, -0.05) is 18.5 Å². The van der Waals surface area contributed by atoms with Gasteiger partial charge < -0.3 is 10.6 Å². The Bertz CT molecular complexity index is 745. The number of anilines is 2. The monoisotopic (exact) mass is 361 g/mol. The molecule has 0 heterocycles.